The predicted octanol–water partition coefficient (Wildman–Crippen LogP) is 2.19. The molecule has 0 fully saturated rings. The van der Waals surface area contributed by atoms with Gasteiger partial charge in [0.05, 0.1) is 6.10 Å². The van der Waals surface area contributed by atoms with Gasteiger partial charge in [-0.2, -0.15) is 0 Å². The van der Waals surface area contributed by atoms with Crippen LogP contribution >= 0.6 is 0 Å². The Labute approximate surface area is 106 Å². The van der Waals surface area contributed by atoms with Crippen molar-refractivity contribution in [3.05, 3.63) is 29.8 Å². The summed E-state index contributed by atoms with van der Waals surface area (Å²) in [7, 11) is 0. The molecule has 2 N–H and O–H groups in total. The molecule has 0 radical (unpaired) electrons. The van der Waals surface area contributed by atoms with E-state index in [2.05, 4.69) is 5.32 Å². The van der Waals surface area contributed by atoms with Gasteiger partial charge in [0.1, 0.15) is 11.9 Å². The zero-order valence-electron chi connectivity index (χ0n) is 10.6. The molecule has 18 heavy (non-hydrogen) atoms. The first kappa shape index (κ1) is 14.9. The fourth-order valence-electron chi connectivity index (χ4n) is 1.41. The molecule has 5 heteroatoms. The smallest absolute Gasteiger partial charge is 0.265 e. The van der Waals surface area contributed by atoms with Crippen LogP contribution in [0.4, 0.5) is 8.78 Å². The number of benzene rings is 1. The van der Waals surface area contributed by atoms with Crippen LogP contribution in [-0.2, 0) is 6.54 Å². The standard InChI is InChI=1S/C13H19F2NO2/c1-9(2)18-11-5-3-10(4-6-11)7-16-8-12(17)13(14)15/h3-6,9,12-13,16-17H,7-8H2,1-2H3. The van der Waals surface area contributed by atoms with Crippen molar-refractivity contribution in [2.75, 3.05) is 6.54 Å². The van der Waals surface area contributed by atoms with Crippen molar-refractivity contribution in [1.29, 1.82) is 0 Å². The molecule has 0 aliphatic rings. The Hall–Kier alpha value is -1.20. The summed E-state index contributed by atoms with van der Waals surface area (Å²) in [6.07, 6.45) is -4.21. The van der Waals surface area contributed by atoms with E-state index in [1.807, 2.05) is 38.1 Å². The number of halogens is 2. The molecule has 1 atom stereocenters. The van der Waals surface area contributed by atoms with E-state index in [1.54, 1.807) is 0 Å². The zero-order valence-corrected chi connectivity index (χ0v) is 10.6. The summed E-state index contributed by atoms with van der Waals surface area (Å²) < 4.78 is 29.5. The van der Waals surface area contributed by atoms with Crippen LogP contribution in [0.15, 0.2) is 24.3 Å². The van der Waals surface area contributed by atoms with Gasteiger partial charge in [0.15, 0.2) is 0 Å². The summed E-state index contributed by atoms with van der Waals surface area (Å²) in [6.45, 7) is 4.20. The van der Waals surface area contributed by atoms with E-state index in [9.17, 15) is 8.78 Å². The maximum absolute atomic E-state index is 12.0. The normalized spacial score (nSPS) is 13.1. The Morgan fingerprint density at radius 1 is 1.22 bits per heavy atom. The third-order valence-corrected chi connectivity index (χ3v) is 2.27. The van der Waals surface area contributed by atoms with E-state index in [-0.39, 0.29) is 12.6 Å². The minimum Gasteiger partial charge on any atom is -0.491 e. The average Bonchev–Trinajstić information content (AvgIpc) is 2.30. The predicted molar refractivity (Wildman–Crippen MR) is 65.9 cm³/mol. The Kier molecular flexibility index (Phi) is 6.01. The van der Waals surface area contributed by atoms with Crippen molar-refractivity contribution in [1.82, 2.24) is 5.32 Å². The largest absolute Gasteiger partial charge is 0.491 e. The maximum Gasteiger partial charge on any atom is 0.265 e. The highest BCUT2D eigenvalue weighted by Gasteiger charge is 2.15. The van der Waals surface area contributed by atoms with E-state index in [4.69, 9.17) is 9.84 Å². The summed E-state index contributed by atoms with van der Waals surface area (Å²) in [4.78, 5) is 0. The van der Waals surface area contributed by atoms with Gasteiger partial charge < -0.3 is 15.2 Å². The zero-order chi connectivity index (χ0) is 13.5. The molecule has 0 bridgehead atoms. The lowest BCUT2D eigenvalue weighted by Crippen LogP contribution is -2.31. The van der Waals surface area contributed by atoms with Crippen LogP contribution in [0, 0.1) is 0 Å². The molecule has 0 amide bonds. The molecule has 1 unspecified atom stereocenters. The number of aliphatic hydroxyl groups excluding tert-OH is 1. The number of hydrogen-bond acceptors (Lipinski definition) is 3. The average molecular weight is 259 g/mol. The van der Waals surface area contributed by atoms with Gasteiger partial charge >= 0.3 is 0 Å². The topological polar surface area (TPSA) is 41.5 Å². The molecule has 0 saturated heterocycles. The number of rotatable bonds is 7. The summed E-state index contributed by atoms with van der Waals surface area (Å²) in [5.74, 6) is 0.779. The Morgan fingerprint density at radius 3 is 2.33 bits per heavy atom. The molecule has 0 saturated carbocycles. The minimum absolute atomic E-state index is 0.121. The third-order valence-electron chi connectivity index (χ3n) is 2.27. The number of ether oxygens (including phenoxy) is 1. The van der Waals surface area contributed by atoms with Crippen molar-refractivity contribution in [2.24, 2.45) is 0 Å². The lowest BCUT2D eigenvalue weighted by Gasteiger charge is -2.12. The number of aliphatic hydroxyl groups is 1. The van der Waals surface area contributed by atoms with E-state index < -0.39 is 12.5 Å². The molecule has 0 spiro atoms. The maximum atomic E-state index is 12.0. The fourth-order valence-corrected chi connectivity index (χ4v) is 1.41. The third kappa shape index (κ3) is 5.42. The van der Waals surface area contributed by atoms with Gasteiger partial charge in [0.25, 0.3) is 6.43 Å². The Balaban J connectivity index is 2.35. The number of hydrogen-bond donors (Lipinski definition) is 2. The highest BCUT2D eigenvalue weighted by Crippen LogP contribution is 2.13. The molecule has 1 rings (SSSR count). The van der Waals surface area contributed by atoms with Crippen molar-refractivity contribution in [3.63, 3.8) is 0 Å². The lowest BCUT2D eigenvalue weighted by molar-refractivity contribution is -0.00340. The summed E-state index contributed by atoms with van der Waals surface area (Å²) >= 11 is 0. The van der Waals surface area contributed by atoms with Gasteiger partial charge in [0, 0.05) is 13.1 Å². The summed E-state index contributed by atoms with van der Waals surface area (Å²) in [5, 5.41) is 11.7. The van der Waals surface area contributed by atoms with Gasteiger partial charge in [0.2, 0.25) is 0 Å². The van der Waals surface area contributed by atoms with E-state index in [0.29, 0.717) is 6.54 Å². The Bertz CT molecular complexity index is 341. The van der Waals surface area contributed by atoms with Gasteiger partial charge in [-0.1, -0.05) is 12.1 Å². The van der Waals surface area contributed by atoms with Crippen LogP contribution in [-0.4, -0.2) is 30.3 Å². The quantitative estimate of drug-likeness (QED) is 0.788. The number of nitrogens with one attached hydrogen (secondary N) is 1. The molecule has 3 nitrogen and oxygen atoms in total. The highest BCUT2D eigenvalue weighted by molar-refractivity contribution is 5.27. The lowest BCUT2D eigenvalue weighted by atomic mass is 10.2. The first-order chi connectivity index (χ1) is 8.49. The molecule has 0 aromatic heterocycles. The van der Waals surface area contributed by atoms with E-state index >= 15 is 0 Å². The van der Waals surface area contributed by atoms with Crippen molar-refractivity contribution < 1.29 is 18.6 Å². The second-order valence-electron chi connectivity index (χ2n) is 4.34. The van der Waals surface area contributed by atoms with Gasteiger partial charge in [-0.05, 0) is 31.5 Å². The highest BCUT2D eigenvalue weighted by atomic mass is 19.3. The van der Waals surface area contributed by atoms with Crippen LogP contribution in [0.3, 0.4) is 0 Å². The van der Waals surface area contributed by atoms with Crippen LogP contribution in [0.1, 0.15) is 19.4 Å². The van der Waals surface area contributed by atoms with Gasteiger partial charge in [-0.25, -0.2) is 8.78 Å². The molecule has 102 valence electrons. The van der Waals surface area contributed by atoms with Crippen LogP contribution in [0.5, 0.6) is 5.75 Å². The first-order valence-corrected chi connectivity index (χ1v) is 5.91. The fraction of sp³-hybridized carbons (Fsp3) is 0.538. The Morgan fingerprint density at radius 2 is 1.83 bits per heavy atom. The van der Waals surface area contributed by atoms with Gasteiger partial charge in [-0.3, -0.25) is 0 Å². The molecule has 1 aromatic rings. The van der Waals surface area contributed by atoms with Crippen LogP contribution in [0.2, 0.25) is 0 Å². The molecular weight excluding hydrogens is 240 g/mol. The summed E-state index contributed by atoms with van der Waals surface area (Å²) in [5.41, 5.74) is 0.951. The van der Waals surface area contributed by atoms with E-state index in [0.717, 1.165) is 11.3 Å². The van der Waals surface area contributed by atoms with Crippen molar-refractivity contribution >= 4 is 0 Å². The molecule has 0 heterocycles. The molecule has 0 aliphatic heterocycles. The molecule has 1 aromatic carbocycles. The van der Waals surface area contributed by atoms with Crippen molar-refractivity contribution in [2.45, 2.75) is 39.0 Å². The molecule has 0 aliphatic carbocycles. The van der Waals surface area contributed by atoms with Crippen molar-refractivity contribution in [3.8, 4) is 5.75 Å². The summed E-state index contributed by atoms with van der Waals surface area (Å²) in [6, 6.07) is 7.39. The van der Waals surface area contributed by atoms with Crippen LogP contribution < -0.4 is 10.1 Å². The molecular formula is C13H19F2NO2. The second-order valence-corrected chi connectivity index (χ2v) is 4.34. The minimum atomic E-state index is -2.71. The second kappa shape index (κ2) is 7.28. The van der Waals surface area contributed by atoms with Crippen LogP contribution in [0.25, 0.3) is 0 Å². The van der Waals surface area contributed by atoms with E-state index in [1.165, 1.54) is 0 Å². The monoisotopic (exact) mass is 259 g/mol. The number of alkyl halides is 2. The van der Waals surface area contributed by atoms with Gasteiger partial charge in [-0.15, -0.1) is 0 Å². The SMILES string of the molecule is CC(C)Oc1ccc(CNCC(O)C(F)F)cc1. The first-order valence-electron chi connectivity index (χ1n) is 5.91.